The third-order valence-corrected chi connectivity index (χ3v) is 5.54. The molecule has 0 aliphatic carbocycles. The fraction of sp³-hybridized carbons (Fsp3) is 0.462. The highest BCUT2D eigenvalue weighted by molar-refractivity contribution is 7.92. The Kier molecular flexibility index (Phi) is 5.02. The highest BCUT2D eigenvalue weighted by Gasteiger charge is 2.28. The topological polar surface area (TPSA) is 75.9 Å². The number of hydrogen-bond donors (Lipinski definition) is 1. The van der Waals surface area contributed by atoms with E-state index in [0.29, 0.717) is 26.2 Å². The highest BCUT2D eigenvalue weighted by Crippen LogP contribution is 2.28. The van der Waals surface area contributed by atoms with Crippen LogP contribution in [-0.2, 0) is 10.0 Å². The lowest BCUT2D eigenvalue weighted by molar-refractivity contribution is 0.380. The van der Waals surface area contributed by atoms with Crippen molar-refractivity contribution in [1.29, 1.82) is 0 Å². The molecular formula is C13H19N3O3S2. The van der Waals surface area contributed by atoms with E-state index < -0.39 is 10.0 Å². The van der Waals surface area contributed by atoms with Gasteiger partial charge < -0.3 is 15.4 Å². The van der Waals surface area contributed by atoms with E-state index in [2.05, 4.69) is 4.90 Å². The Morgan fingerprint density at radius 2 is 1.90 bits per heavy atom. The Labute approximate surface area is 130 Å². The molecule has 8 heteroatoms. The molecule has 0 unspecified atom stereocenters. The van der Waals surface area contributed by atoms with E-state index in [4.69, 9.17) is 22.7 Å². The second-order valence-electron chi connectivity index (χ2n) is 4.78. The molecule has 2 N–H and O–H groups in total. The number of piperazine rings is 1. The summed E-state index contributed by atoms with van der Waals surface area (Å²) in [7, 11) is -1.77. The molecule has 1 aromatic carbocycles. The number of anilines is 1. The van der Waals surface area contributed by atoms with Crippen LogP contribution in [-0.4, -0.2) is 56.8 Å². The van der Waals surface area contributed by atoms with Crippen LogP contribution in [0.15, 0.2) is 24.3 Å². The van der Waals surface area contributed by atoms with Gasteiger partial charge in [-0.3, -0.25) is 0 Å². The first-order valence-corrected chi connectivity index (χ1v) is 8.60. The first-order chi connectivity index (χ1) is 9.94. The number of para-hydroxylation sites is 2. The second-order valence-corrected chi connectivity index (χ2v) is 7.27. The molecule has 21 heavy (non-hydrogen) atoms. The van der Waals surface area contributed by atoms with Gasteiger partial charge in [-0.2, -0.15) is 4.31 Å². The summed E-state index contributed by atoms with van der Waals surface area (Å²) in [6, 6.07) is 7.71. The van der Waals surface area contributed by atoms with Gasteiger partial charge in [0.25, 0.3) is 0 Å². The van der Waals surface area contributed by atoms with E-state index in [1.165, 1.54) is 4.31 Å². The van der Waals surface area contributed by atoms with E-state index in [9.17, 15) is 8.42 Å². The molecule has 1 fully saturated rings. The standard InChI is InChI=1S/C13H19N3O3S2/c1-19-12-5-3-2-4-11(12)15-6-8-16(9-7-15)21(17,18)10-13(14)20/h2-5H,6-10H2,1H3,(H2,14,20). The Morgan fingerprint density at radius 3 is 2.48 bits per heavy atom. The fourth-order valence-electron chi connectivity index (χ4n) is 2.37. The molecule has 116 valence electrons. The van der Waals surface area contributed by atoms with E-state index in [1.807, 2.05) is 24.3 Å². The fourth-order valence-corrected chi connectivity index (χ4v) is 4.08. The third-order valence-electron chi connectivity index (χ3n) is 3.38. The quantitative estimate of drug-likeness (QED) is 0.790. The number of hydrogen-bond acceptors (Lipinski definition) is 5. The maximum atomic E-state index is 12.1. The zero-order valence-corrected chi connectivity index (χ0v) is 13.5. The van der Waals surface area contributed by atoms with Gasteiger partial charge in [-0.1, -0.05) is 24.4 Å². The number of nitrogens with zero attached hydrogens (tertiary/aromatic N) is 2. The monoisotopic (exact) mass is 329 g/mol. The average molecular weight is 329 g/mol. The summed E-state index contributed by atoms with van der Waals surface area (Å²) in [6.07, 6.45) is 0. The number of thiocarbonyl (C=S) groups is 1. The van der Waals surface area contributed by atoms with Gasteiger partial charge in [0.2, 0.25) is 10.0 Å². The molecule has 1 aliphatic heterocycles. The second kappa shape index (κ2) is 6.59. The van der Waals surface area contributed by atoms with E-state index in [1.54, 1.807) is 7.11 Å². The van der Waals surface area contributed by atoms with Crippen LogP contribution in [0.2, 0.25) is 0 Å². The van der Waals surface area contributed by atoms with Crippen molar-refractivity contribution >= 4 is 32.9 Å². The first-order valence-electron chi connectivity index (χ1n) is 6.58. The van der Waals surface area contributed by atoms with Gasteiger partial charge in [-0.25, -0.2) is 8.42 Å². The number of sulfonamides is 1. The van der Waals surface area contributed by atoms with Crippen LogP contribution in [0.5, 0.6) is 5.75 Å². The zero-order chi connectivity index (χ0) is 15.5. The van der Waals surface area contributed by atoms with E-state index >= 15 is 0 Å². The van der Waals surface area contributed by atoms with Crippen LogP contribution in [0, 0.1) is 0 Å². The van der Waals surface area contributed by atoms with Crippen LogP contribution < -0.4 is 15.4 Å². The van der Waals surface area contributed by atoms with Crippen molar-refractivity contribution in [3.05, 3.63) is 24.3 Å². The number of ether oxygens (including phenoxy) is 1. The molecule has 0 radical (unpaired) electrons. The molecule has 1 heterocycles. The molecule has 1 saturated heterocycles. The minimum Gasteiger partial charge on any atom is -0.495 e. The Bertz CT molecular complexity index is 611. The van der Waals surface area contributed by atoms with Crippen molar-refractivity contribution in [3.63, 3.8) is 0 Å². The summed E-state index contributed by atoms with van der Waals surface area (Å²) in [5.74, 6) is 0.522. The molecule has 1 aromatic rings. The lowest BCUT2D eigenvalue weighted by Gasteiger charge is -2.35. The van der Waals surface area contributed by atoms with E-state index in [-0.39, 0.29) is 10.7 Å². The number of methoxy groups -OCH3 is 1. The van der Waals surface area contributed by atoms with Crippen molar-refractivity contribution in [1.82, 2.24) is 4.31 Å². The largest absolute Gasteiger partial charge is 0.495 e. The molecule has 0 atom stereocenters. The van der Waals surface area contributed by atoms with Crippen molar-refractivity contribution in [2.24, 2.45) is 5.73 Å². The summed E-state index contributed by atoms with van der Waals surface area (Å²) >= 11 is 4.69. The summed E-state index contributed by atoms with van der Waals surface area (Å²) in [5.41, 5.74) is 6.32. The predicted molar refractivity (Wildman–Crippen MR) is 87.4 cm³/mol. The van der Waals surface area contributed by atoms with Gasteiger partial charge in [0.05, 0.1) is 17.8 Å². The van der Waals surface area contributed by atoms with E-state index in [0.717, 1.165) is 11.4 Å². The Hall–Kier alpha value is -1.38. The number of benzene rings is 1. The van der Waals surface area contributed by atoms with Gasteiger partial charge in [0.1, 0.15) is 11.5 Å². The summed E-state index contributed by atoms with van der Waals surface area (Å²) in [4.78, 5) is 2.12. The molecular weight excluding hydrogens is 310 g/mol. The first kappa shape index (κ1) is 16.0. The van der Waals surface area contributed by atoms with Gasteiger partial charge in [0, 0.05) is 26.2 Å². The van der Waals surface area contributed by atoms with Crippen molar-refractivity contribution < 1.29 is 13.2 Å². The lowest BCUT2D eigenvalue weighted by Crippen LogP contribution is -2.50. The molecule has 0 saturated carbocycles. The Morgan fingerprint density at radius 1 is 1.29 bits per heavy atom. The van der Waals surface area contributed by atoms with Crippen LogP contribution >= 0.6 is 12.2 Å². The van der Waals surface area contributed by atoms with Gasteiger partial charge in [-0.05, 0) is 12.1 Å². The van der Waals surface area contributed by atoms with Crippen LogP contribution in [0.25, 0.3) is 0 Å². The normalized spacial score (nSPS) is 16.7. The molecule has 0 amide bonds. The number of nitrogens with two attached hydrogens (primary N) is 1. The predicted octanol–water partition coefficient (Wildman–Crippen LogP) is 0.433. The van der Waals surface area contributed by atoms with Gasteiger partial charge >= 0.3 is 0 Å². The molecule has 0 spiro atoms. The number of rotatable bonds is 5. The minimum absolute atomic E-state index is 0.00200. The maximum Gasteiger partial charge on any atom is 0.220 e. The van der Waals surface area contributed by atoms with Crippen molar-refractivity contribution in [3.8, 4) is 5.75 Å². The summed E-state index contributed by atoms with van der Waals surface area (Å²) in [6.45, 7) is 2.06. The molecule has 6 nitrogen and oxygen atoms in total. The van der Waals surface area contributed by atoms with Crippen molar-refractivity contribution in [2.75, 3.05) is 43.9 Å². The average Bonchev–Trinajstić information content (AvgIpc) is 2.46. The third kappa shape index (κ3) is 3.84. The molecule has 0 bridgehead atoms. The highest BCUT2D eigenvalue weighted by atomic mass is 32.2. The minimum atomic E-state index is -3.39. The van der Waals surface area contributed by atoms with Gasteiger partial charge in [0.15, 0.2) is 0 Å². The van der Waals surface area contributed by atoms with Crippen LogP contribution in [0.3, 0.4) is 0 Å². The molecule has 1 aliphatic rings. The van der Waals surface area contributed by atoms with Crippen LogP contribution in [0.4, 0.5) is 5.69 Å². The molecule has 2 rings (SSSR count). The van der Waals surface area contributed by atoms with Gasteiger partial charge in [-0.15, -0.1) is 0 Å². The Balaban J connectivity index is 2.05. The maximum absolute atomic E-state index is 12.1. The molecule has 0 aromatic heterocycles. The summed E-state index contributed by atoms with van der Waals surface area (Å²) in [5, 5.41) is 0. The van der Waals surface area contributed by atoms with Crippen LogP contribution in [0.1, 0.15) is 0 Å². The van der Waals surface area contributed by atoms with Crippen molar-refractivity contribution in [2.45, 2.75) is 0 Å². The summed E-state index contributed by atoms with van der Waals surface area (Å²) < 4.78 is 30.9. The zero-order valence-electron chi connectivity index (χ0n) is 11.9. The lowest BCUT2D eigenvalue weighted by atomic mass is 10.2. The smallest absolute Gasteiger partial charge is 0.220 e. The SMILES string of the molecule is COc1ccccc1N1CCN(S(=O)(=O)CC(N)=S)CC1.